The van der Waals surface area contributed by atoms with Gasteiger partial charge >= 0.3 is 0 Å². The molecule has 0 spiro atoms. The third-order valence-corrected chi connectivity index (χ3v) is 5.55. The van der Waals surface area contributed by atoms with Crippen LogP contribution >= 0.6 is 0 Å². The van der Waals surface area contributed by atoms with Crippen molar-refractivity contribution in [2.75, 3.05) is 19.8 Å². The van der Waals surface area contributed by atoms with E-state index in [-0.39, 0.29) is 0 Å². The second-order valence-corrected chi connectivity index (χ2v) is 8.90. The molecule has 0 saturated carbocycles. The average Bonchev–Trinajstić information content (AvgIpc) is 2.91. The highest BCUT2D eigenvalue weighted by Gasteiger charge is 2.42. The lowest BCUT2D eigenvalue weighted by molar-refractivity contribution is 0.259. The van der Waals surface area contributed by atoms with E-state index in [4.69, 9.17) is 4.55 Å². The number of benzene rings is 2. The van der Waals surface area contributed by atoms with Crippen molar-refractivity contribution in [1.29, 1.82) is 0 Å². The van der Waals surface area contributed by atoms with Crippen molar-refractivity contribution in [1.82, 2.24) is 4.90 Å². The van der Waals surface area contributed by atoms with Gasteiger partial charge in [0, 0.05) is 18.5 Å². The number of likely N-dealkylation sites (tertiary alicyclic amines) is 1. The van der Waals surface area contributed by atoms with E-state index in [1.54, 1.807) is 11.1 Å². The first-order chi connectivity index (χ1) is 12.3. The Balaban J connectivity index is 0.000000349. The van der Waals surface area contributed by atoms with Gasteiger partial charge in [-0.2, -0.15) is 8.42 Å². The summed E-state index contributed by atoms with van der Waals surface area (Å²) in [6, 6.07) is 20.8. The van der Waals surface area contributed by atoms with E-state index in [2.05, 4.69) is 66.5 Å². The summed E-state index contributed by atoms with van der Waals surface area (Å²) < 4.78 is 25.9. The van der Waals surface area contributed by atoms with Crippen LogP contribution in [-0.4, -0.2) is 43.8 Å². The third-order valence-electron chi connectivity index (χ3n) is 5.55. The van der Waals surface area contributed by atoms with E-state index < -0.39 is 10.1 Å². The number of hydrogen-bond donors (Lipinski definition) is 1. The summed E-state index contributed by atoms with van der Waals surface area (Å²) >= 11 is 0. The molecular weight excluding hydrogens is 346 g/mol. The zero-order valence-corrected chi connectivity index (χ0v) is 16.2. The molecule has 1 aliphatic carbocycles. The van der Waals surface area contributed by atoms with E-state index >= 15 is 0 Å². The van der Waals surface area contributed by atoms with Gasteiger partial charge in [-0.25, -0.2) is 0 Å². The number of fused-ring (bicyclic) bond motifs is 3. The molecule has 3 atom stereocenters. The minimum absolute atomic E-state index is 0.700. The van der Waals surface area contributed by atoms with Crippen LogP contribution in [0.4, 0.5) is 0 Å². The lowest BCUT2D eigenvalue weighted by Crippen LogP contribution is -2.32. The summed E-state index contributed by atoms with van der Waals surface area (Å²) in [4.78, 5) is 2.60. The lowest BCUT2D eigenvalue weighted by Gasteiger charge is -2.31. The van der Waals surface area contributed by atoms with Crippen molar-refractivity contribution in [2.24, 2.45) is 5.92 Å². The van der Waals surface area contributed by atoms with Crippen molar-refractivity contribution in [3.8, 4) is 0 Å². The second kappa shape index (κ2) is 7.91. The van der Waals surface area contributed by atoms with Gasteiger partial charge in [-0.05, 0) is 48.9 Å². The molecule has 26 heavy (non-hydrogen) atoms. The van der Waals surface area contributed by atoms with Crippen molar-refractivity contribution in [3.05, 3.63) is 71.3 Å². The van der Waals surface area contributed by atoms with Gasteiger partial charge in [-0.1, -0.05) is 54.6 Å². The molecule has 140 valence electrons. The summed E-state index contributed by atoms with van der Waals surface area (Å²) in [5, 5.41) is 0. The van der Waals surface area contributed by atoms with Gasteiger partial charge in [0.1, 0.15) is 0 Å². The van der Waals surface area contributed by atoms with Gasteiger partial charge < -0.3 is 4.90 Å². The first-order valence-electron chi connectivity index (χ1n) is 9.07. The van der Waals surface area contributed by atoms with E-state index in [1.807, 2.05) is 0 Å². The molecular formula is C21H27NO3S. The van der Waals surface area contributed by atoms with E-state index in [0.717, 1.165) is 11.8 Å². The summed E-state index contributed by atoms with van der Waals surface area (Å²) in [7, 11) is -1.35. The highest BCUT2D eigenvalue weighted by molar-refractivity contribution is 7.85. The Labute approximate surface area is 156 Å². The summed E-state index contributed by atoms with van der Waals surface area (Å²) in [5.41, 5.74) is 4.69. The predicted molar refractivity (Wildman–Crippen MR) is 105 cm³/mol. The van der Waals surface area contributed by atoms with Crippen molar-refractivity contribution in [2.45, 2.75) is 31.2 Å². The quantitative estimate of drug-likeness (QED) is 0.820. The fourth-order valence-electron chi connectivity index (χ4n) is 4.51. The molecule has 4 rings (SSSR count). The summed E-state index contributed by atoms with van der Waals surface area (Å²) in [5.74, 6) is 1.57. The molecule has 1 heterocycles. The SMILES string of the molecule is CN1C[C@@H]2c3ccccc3CCC2[C@H]1Cc1ccccc1.CS(=O)(=O)O. The molecule has 1 unspecified atom stereocenters. The largest absolute Gasteiger partial charge is 0.302 e. The molecule has 2 aliphatic rings. The van der Waals surface area contributed by atoms with Crippen LogP contribution in [0.5, 0.6) is 0 Å². The lowest BCUT2D eigenvalue weighted by atomic mass is 9.74. The molecule has 1 fully saturated rings. The minimum atomic E-state index is -3.67. The van der Waals surface area contributed by atoms with Crippen LogP contribution in [0.15, 0.2) is 54.6 Å². The smallest absolute Gasteiger partial charge is 0.261 e. The molecule has 1 aliphatic heterocycles. The van der Waals surface area contributed by atoms with Crippen molar-refractivity contribution in [3.63, 3.8) is 0 Å². The van der Waals surface area contributed by atoms with Crippen LogP contribution < -0.4 is 0 Å². The fraction of sp³-hybridized carbons (Fsp3) is 0.429. The Morgan fingerprint density at radius 1 is 1.08 bits per heavy atom. The molecule has 0 radical (unpaired) electrons. The third kappa shape index (κ3) is 4.72. The molecule has 0 amide bonds. The summed E-state index contributed by atoms with van der Waals surface area (Å²) in [6.07, 6.45) is 4.52. The molecule has 2 aromatic carbocycles. The Morgan fingerprint density at radius 3 is 2.38 bits per heavy atom. The fourth-order valence-corrected chi connectivity index (χ4v) is 4.51. The maximum atomic E-state index is 9.19. The van der Waals surface area contributed by atoms with Crippen LogP contribution in [-0.2, 0) is 23.0 Å². The molecule has 5 heteroatoms. The molecule has 4 nitrogen and oxygen atoms in total. The van der Waals surface area contributed by atoms with Gasteiger partial charge in [-0.15, -0.1) is 0 Å². The molecule has 2 aromatic rings. The first-order valence-corrected chi connectivity index (χ1v) is 10.9. The van der Waals surface area contributed by atoms with E-state index in [9.17, 15) is 8.42 Å². The van der Waals surface area contributed by atoms with Crippen LogP contribution in [0, 0.1) is 5.92 Å². The van der Waals surface area contributed by atoms with Gasteiger partial charge in [0.05, 0.1) is 6.26 Å². The number of likely N-dealkylation sites (N-methyl/N-ethyl adjacent to an activating group) is 1. The topological polar surface area (TPSA) is 57.6 Å². The molecule has 1 N–H and O–H groups in total. The molecule has 0 aromatic heterocycles. The zero-order valence-electron chi connectivity index (χ0n) is 15.4. The normalized spacial score (nSPS) is 25.0. The van der Waals surface area contributed by atoms with Crippen molar-refractivity contribution >= 4 is 10.1 Å². The summed E-state index contributed by atoms with van der Waals surface area (Å²) in [6.45, 7) is 1.22. The van der Waals surface area contributed by atoms with Crippen LogP contribution in [0.25, 0.3) is 0 Å². The predicted octanol–water partition coefficient (Wildman–Crippen LogP) is 3.39. The van der Waals surface area contributed by atoms with E-state index in [0.29, 0.717) is 12.3 Å². The maximum Gasteiger partial charge on any atom is 0.261 e. The van der Waals surface area contributed by atoms with Crippen LogP contribution in [0.3, 0.4) is 0 Å². The monoisotopic (exact) mass is 373 g/mol. The number of rotatable bonds is 2. The highest BCUT2D eigenvalue weighted by atomic mass is 32.2. The minimum Gasteiger partial charge on any atom is -0.302 e. The van der Waals surface area contributed by atoms with Crippen molar-refractivity contribution < 1.29 is 13.0 Å². The van der Waals surface area contributed by atoms with Gasteiger partial charge in [0.2, 0.25) is 0 Å². The average molecular weight is 374 g/mol. The van der Waals surface area contributed by atoms with Crippen LogP contribution in [0.2, 0.25) is 0 Å². The van der Waals surface area contributed by atoms with Gasteiger partial charge in [-0.3, -0.25) is 4.55 Å². The Kier molecular flexibility index (Phi) is 5.80. The molecule has 0 bridgehead atoms. The van der Waals surface area contributed by atoms with Gasteiger partial charge in [0.15, 0.2) is 0 Å². The van der Waals surface area contributed by atoms with Gasteiger partial charge in [0.25, 0.3) is 10.1 Å². The Morgan fingerprint density at radius 2 is 1.69 bits per heavy atom. The number of nitrogens with zero attached hydrogens (tertiary/aromatic N) is 1. The van der Waals surface area contributed by atoms with E-state index in [1.165, 1.54) is 31.4 Å². The first kappa shape index (κ1) is 19.1. The number of hydrogen-bond acceptors (Lipinski definition) is 3. The Hall–Kier alpha value is -1.69. The molecule has 1 saturated heterocycles. The second-order valence-electron chi connectivity index (χ2n) is 7.44. The standard InChI is InChI=1S/C20H23N.CH4O3S/c1-21-14-19-17-10-6-5-9-16(17)11-12-18(19)20(21)13-15-7-3-2-4-8-15;1-5(2,3)4/h2-10,18-20H,11-14H2,1H3;1H3,(H,2,3,4)/t18?,19-,20-;/m1./s1. The number of aryl methyl sites for hydroxylation is 1. The zero-order chi connectivity index (χ0) is 18.7. The Bertz CT molecular complexity index is 827. The highest BCUT2D eigenvalue weighted by Crippen LogP contribution is 2.45. The maximum absolute atomic E-state index is 9.19. The van der Waals surface area contributed by atoms with Crippen LogP contribution in [0.1, 0.15) is 29.0 Å².